The number of halogens is 1. The molecule has 27 heavy (non-hydrogen) atoms. The molecule has 1 atom stereocenters. The maximum atomic E-state index is 12.9. The van der Waals surface area contributed by atoms with Crippen LogP contribution in [0.2, 0.25) is 0 Å². The first-order valence-corrected chi connectivity index (χ1v) is 9.37. The summed E-state index contributed by atoms with van der Waals surface area (Å²) in [5.74, 6) is 1.83. The first-order chi connectivity index (χ1) is 13.0. The molecule has 0 saturated carbocycles. The van der Waals surface area contributed by atoms with Gasteiger partial charge in [0.05, 0.1) is 19.8 Å². The number of nitrogens with zero attached hydrogens (tertiary/aromatic N) is 2. The van der Waals surface area contributed by atoms with E-state index in [1.807, 2.05) is 48.1 Å². The van der Waals surface area contributed by atoms with Crippen molar-refractivity contribution in [1.29, 1.82) is 0 Å². The summed E-state index contributed by atoms with van der Waals surface area (Å²) in [6.45, 7) is 0. The molecule has 0 aliphatic rings. The average Bonchev–Trinajstić information content (AvgIpc) is 3.11. The van der Waals surface area contributed by atoms with Crippen LogP contribution in [0.4, 0.5) is 0 Å². The van der Waals surface area contributed by atoms with Crippen LogP contribution in [-0.2, 0) is 7.05 Å². The standard InChI is InChI=1S/C20H20IN3O3/c1-24-9-8-22-19(24)18(13-10-14(26-2)12-15(11-13)27-3)23-20(25)16-6-4-5-7-17(16)21/h4-12,18H,1-3H3,(H,23,25). The molecule has 140 valence electrons. The molecular weight excluding hydrogens is 457 g/mol. The molecule has 1 N–H and O–H groups in total. The minimum atomic E-state index is -0.461. The Morgan fingerprint density at radius 2 is 1.81 bits per heavy atom. The summed E-state index contributed by atoms with van der Waals surface area (Å²) in [5.41, 5.74) is 1.44. The van der Waals surface area contributed by atoms with Crippen molar-refractivity contribution in [3.05, 3.63) is 75.4 Å². The number of hydrogen-bond acceptors (Lipinski definition) is 4. The summed E-state index contributed by atoms with van der Waals surface area (Å²) in [6, 6.07) is 12.5. The van der Waals surface area contributed by atoms with Crippen LogP contribution in [0, 0.1) is 3.57 Å². The number of carbonyl (C=O) groups is 1. The van der Waals surface area contributed by atoms with E-state index in [1.54, 1.807) is 32.5 Å². The summed E-state index contributed by atoms with van der Waals surface area (Å²) >= 11 is 2.16. The van der Waals surface area contributed by atoms with Crippen LogP contribution in [0.25, 0.3) is 0 Å². The van der Waals surface area contributed by atoms with Crippen molar-refractivity contribution in [2.24, 2.45) is 7.05 Å². The molecule has 3 aromatic rings. The zero-order chi connectivity index (χ0) is 19.4. The van der Waals surface area contributed by atoms with Crippen molar-refractivity contribution in [3.8, 4) is 11.5 Å². The van der Waals surface area contributed by atoms with Gasteiger partial charge in [0.2, 0.25) is 0 Å². The van der Waals surface area contributed by atoms with Gasteiger partial charge in [0.25, 0.3) is 5.91 Å². The lowest BCUT2D eigenvalue weighted by Crippen LogP contribution is -2.31. The van der Waals surface area contributed by atoms with E-state index in [4.69, 9.17) is 9.47 Å². The second-order valence-electron chi connectivity index (χ2n) is 5.93. The lowest BCUT2D eigenvalue weighted by molar-refractivity contribution is 0.0940. The molecule has 0 saturated heterocycles. The molecule has 2 aromatic carbocycles. The molecule has 0 aliphatic heterocycles. The Hall–Kier alpha value is -2.55. The van der Waals surface area contributed by atoms with Crippen LogP contribution in [0.15, 0.2) is 54.9 Å². The predicted octanol–water partition coefficient (Wildman–Crippen LogP) is 3.56. The molecule has 0 bridgehead atoms. The number of amides is 1. The summed E-state index contributed by atoms with van der Waals surface area (Å²) in [5, 5.41) is 3.10. The van der Waals surface area contributed by atoms with Crippen molar-refractivity contribution in [1.82, 2.24) is 14.9 Å². The number of hydrogen-bond donors (Lipinski definition) is 1. The number of rotatable bonds is 6. The van der Waals surface area contributed by atoms with Crippen molar-refractivity contribution < 1.29 is 14.3 Å². The van der Waals surface area contributed by atoms with Gasteiger partial charge in [0.15, 0.2) is 0 Å². The number of ether oxygens (including phenoxy) is 2. The predicted molar refractivity (Wildman–Crippen MR) is 111 cm³/mol. The van der Waals surface area contributed by atoms with E-state index in [0.717, 1.165) is 9.13 Å². The third-order valence-electron chi connectivity index (χ3n) is 4.22. The molecule has 7 heteroatoms. The quantitative estimate of drug-likeness (QED) is 0.552. The lowest BCUT2D eigenvalue weighted by Gasteiger charge is -2.21. The maximum Gasteiger partial charge on any atom is 0.253 e. The number of carbonyl (C=O) groups excluding carboxylic acids is 1. The van der Waals surface area contributed by atoms with Crippen LogP contribution in [-0.4, -0.2) is 29.7 Å². The summed E-state index contributed by atoms with van der Waals surface area (Å²) in [7, 11) is 5.09. The van der Waals surface area contributed by atoms with E-state index in [1.165, 1.54) is 0 Å². The van der Waals surface area contributed by atoms with Gasteiger partial charge in [-0.2, -0.15) is 0 Å². The normalized spacial score (nSPS) is 11.7. The minimum absolute atomic E-state index is 0.171. The van der Waals surface area contributed by atoms with Gasteiger partial charge in [-0.3, -0.25) is 4.79 Å². The van der Waals surface area contributed by atoms with Crippen LogP contribution >= 0.6 is 22.6 Å². The fraction of sp³-hybridized carbons (Fsp3) is 0.200. The number of methoxy groups -OCH3 is 2. The van der Waals surface area contributed by atoms with Crippen LogP contribution in [0.1, 0.15) is 27.8 Å². The van der Waals surface area contributed by atoms with E-state index in [-0.39, 0.29) is 5.91 Å². The first kappa shape index (κ1) is 19.2. The Balaban J connectivity index is 2.04. The highest BCUT2D eigenvalue weighted by Crippen LogP contribution is 2.30. The molecule has 1 heterocycles. The van der Waals surface area contributed by atoms with Gasteiger partial charge in [-0.25, -0.2) is 4.98 Å². The average molecular weight is 477 g/mol. The van der Waals surface area contributed by atoms with Crippen LogP contribution in [0.5, 0.6) is 11.5 Å². The van der Waals surface area contributed by atoms with E-state index >= 15 is 0 Å². The Labute approximate surface area is 171 Å². The lowest BCUT2D eigenvalue weighted by atomic mass is 10.0. The van der Waals surface area contributed by atoms with E-state index in [9.17, 15) is 4.79 Å². The number of imidazole rings is 1. The van der Waals surface area contributed by atoms with Crippen molar-refractivity contribution in [2.45, 2.75) is 6.04 Å². The van der Waals surface area contributed by atoms with Gasteiger partial charge in [0, 0.05) is 29.1 Å². The first-order valence-electron chi connectivity index (χ1n) is 8.29. The van der Waals surface area contributed by atoms with Gasteiger partial charge in [-0.05, 0) is 52.4 Å². The molecule has 0 aliphatic carbocycles. The molecule has 1 unspecified atom stereocenters. The minimum Gasteiger partial charge on any atom is -0.497 e. The molecule has 1 amide bonds. The zero-order valence-corrected chi connectivity index (χ0v) is 17.4. The second kappa shape index (κ2) is 8.43. The van der Waals surface area contributed by atoms with Crippen molar-refractivity contribution in [2.75, 3.05) is 14.2 Å². The zero-order valence-electron chi connectivity index (χ0n) is 15.3. The van der Waals surface area contributed by atoms with Gasteiger partial charge in [0.1, 0.15) is 23.4 Å². The van der Waals surface area contributed by atoms with Crippen LogP contribution in [0.3, 0.4) is 0 Å². The Morgan fingerprint density at radius 1 is 1.15 bits per heavy atom. The number of aryl methyl sites for hydroxylation is 1. The van der Waals surface area contributed by atoms with Gasteiger partial charge < -0.3 is 19.4 Å². The molecule has 0 radical (unpaired) electrons. The fourth-order valence-corrected chi connectivity index (χ4v) is 3.43. The maximum absolute atomic E-state index is 12.9. The molecular formula is C20H20IN3O3. The van der Waals surface area contributed by atoms with E-state index < -0.39 is 6.04 Å². The van der Waals surface area contributed by atoms with Crippen molar-refractivity contribution >= 4 is 28.5 Å². The molecule has 1 aromatic heterocycles. The Morgan fingerprint density at radius 3 is 2.37 bits per heavy atom. The van der Waals surface area contributed by atoms with E-state index in [2.05, 4.69) is 32.9 Å². The fourth-order valence-electron chi connectivity index (χ4n) is 2.80. The highest BCUT2D eigenvalue weighted by Gasteiger charge is 2.23. The Kier molecular flexibility index (Phi) is 6.00. The summed E-state index contributed by atoms with van der Waals surface area (Å²) in [6.07, 6.45) is 3.55. The third kappa shape index (κ3) is 4.24. The third-order valence-corrected chi connectivity index (χ3v) is 5.16. The summed E-state index contributed by atoms with van der Waals surface area (Å²) in [4.78, 5) is 17.4. The molecule has 0 fully saturated rings. The summed E-state index contributed by atoms with van der Waals surface area (Å²) < 4.78 is 13.5. The van der Waals surface area contributed by atoms with Gasteiger partial charge >= 0.3 is 0 Å². The largest absolute Gasteiger partial charge is 0.497 e. The highest BCUT2D eigenvalue weighted by atomic mass is 127. The Bertz CT molecular complexity index is 933. The monoisotopic (exact) mass is 477 g/mol. The topological polar surface area (TPSA) is 65.4 Å². The van der Waals surface area contributed by atoms with Gasteiger partial charge in [-0.1, -0.05) is 12.1 Å². The second-order valence-corrected chi connectivity index (χ2v) is 7.09. The molecule has 0 spiro atoms. The van der Waals surface area contributed by atoms with Gasteiger partial charge in [-0.15, -0.1) is 0 Å². The molecule has 6 nitrogen and oxygen atoms in total. The SMILES string of the molecule is COc1cc(OC)cc(C(NC(=O)c2ccccc2I)c2nccn2C)c1. The number of benzene rings is 2. The molecule has 3 rings (SSSR count). The van der Waals surface area contributed by atoms with Crippen molar-refractivity contribution in [3.63, 3.8) is 0 Å². The smallest absolute Gasteiger partial charge is 0.253 e. The van der Waals surface area contributed by atoms with Crippen LogP contribution < -0.4 is 14.8 Å². The van der Waals surface area contributed by atoms with E-state index in [0.29, 0.717) is 22.9 Å². The number of aromatic nitrogens is 2. The number of nitrogens with one attached hydrogen (secondary N) is 1. The highest BCUT2D eigenvalue weighted by molar-refractivity contribution is 14.1.